The summed E-state index contributed by atoms with van der Waals surface area (Å²) in [5, 5.41) is 0. The Bertz CT molecular complexity index is 819. The molecule has 0 radical (unpaired) electrons. The van der Waals surface area contributed by atoms with Gasteiger partial charge in [-0.15, -0.1) is 0 Å². The largest absolute Gasteiger partial charge is 0.344 e. The first-order chi connectivity index (χ1) is 23.2. The van der Waals surface area contributed by atoms with E-state index in [0.29, 0.717) is 12.2 Å². The fraction of sp³-hybridized carbons (Fsp3) is 0.822. The van der Waals surface area contributed by atoms with Crippen LogP contribution in [0, 0.1) is 17.8 Å². The van der Waals surface area contributed by atoms with Crippen molar-refractivity contribution in [3.63, 3.8) is 0 Å². The monoisotopic (exact) mass is 651 g/mol. The summed E-state index contributed by atoms with van der Waals surface area (Å²) in [5.74, 6) is 2.05. The third-order valence-corrected chi connectivity index (χ3v) is 11.4. The summed E-state index contributed by atoms with van der Waals surface area (Å²) < 4.78 is 13.9. The smallest absolute Gasteiger partial charge is 0.169 e. The molecule has 1 saturated heterocycles. The molecule has 3 aliphatic rings. The van der Waals surface area contributed by atoms with Crippen LogP contribution in [-0.4, -0.2) is 18.0 Å². The van der Waals surface area contributed by atoms with Crippen molar-refractivity contribution in [1.82, 2.24) is 0 Å². The molecule has 2 nitrogen and oxygen atoms in total. The molecule has 3 rings (SSSR count). The molecule has 3 unspecified atom stereocenters. The van der Waals surface area contributed by atoms with Gasteiger partial charge < -0.3 is 9.47 Å². The van der Waals surface area contributed by atoms with Gasteiger partial charge in [0.25, 0.3) is 0 Å². The molecule has 2 saturated carbocycles. The number of ether oxygens (including phenoxy) is 2. The van der Waals surface area contributed by atoms with E-state index in [2.05, 4.69) is 69.4 Å². The molecule has 0 aromatic carbocycles. The van der Waals surface area contributed by atoms with Gasteiger partial charge in [-0.2, -0.15) is 0 Å². The van der Waals surface area contributed by atoms with Crippen LogP contribution in [0.4, 0.5) is 0 Å². The molecule has 5 atom stereocenters. The molecule has 1 heterocycles. The SMILES string of the molecule is CCCCC/C=C\C/C=C\CCCCCCCCC1(CCCCCCCC/C=C\C/C=C\CCCCC)O[C@@H]2C3CC(C)C(C3)[C@H]2O1. The molecule has 2 bridgehead atoms. The summed E-state index contributed by atoms with van der Waals surface area (Å²) in [6, 6.07) is 0. The highest BCUT2D eigenvalue weighted by Gasteiger charge is 2.60. The quantitative estimate of drug-likeness (QED) is 0.0569. The molecule has 3 fully saturated rings. The summed E-state index contributed by atoms with van der Waals surface area (Å²) >= 11 is 0. The molecule has 0 aromatic heterocycles. The second-order valence-electron chi connectivity index (χ2n) is 15.6. The normalized spacial score (nSPS) is 25.1. The van der Waals surface area contributed by atoms with Crippen LogP contribution in [0.5, 0.6) is 0 Å². The van der Waals surface area contributed by atoms with Crippen molar-refractivity contribution in [3.8, 4) is 0 Å². The minimum atomic E-state index is -0.277. The highest BCUT2D eigenvalue weighted by atomic mass is 16.8. The standard InChI is InChI=1S/C45H78O2/c1-4-6-8-10-12-14-16-18-20-22-24-26-28-30-32-34-36-45(46-43-41-38-40(3)42(39-41)44(43)47-45)37-35-33-31-29-27-25-23-21-19-17-15-13-11-9-7-5-2/h12-15,18-21,40-44H,4-11,16-17,22-39H2,1-3H3/b14-12-,15-13-,20-18-,21-19-/t40?,41?,42?,43-,44-/m1/s1. The lowest BCUT2D eigenvalue weighted by molar-refractivity contribution is -0.196. The summed E-state index contributed by atoms with van der Waals surface area (Å²) in [7, 11) is 0. The lowest BCUT2D eigenvalue weighted by atomic mass is 9.86. The van der Waals surface area contributed by atoms with Gasteiger partial charge >= 0.3 is 0 Å². The van der Waals surface area contributed by atoms with Crippen LogP contribution < -0.4 is 0 Å². The van der Waals surface area contributed by atoms with Crippen LogP contribution in [0.15, 0.2) is 48.6 Å². The highest BCUT2D eigenvalue weighted by molar-refractivity contribution is 5.06. The maximum atomic E-state index is 6.98. The topological polar surface area (TPSA) is 18.5 Å². The molecule has 0 aromatic rings. The van der Waals surface area contributed by atoms with Crippen LogP contribution in [0.2, 0.25) is 0 Å². The molecule has 0 N–H and O–H groups in total. The second-order valence-corrected chi connectivity index (χ2v) is 15.6. The molecule has 270 valence electrons. The van der Waals surface area contributed by atoms with Crippen LogP contribution in [0.25, 0.3) is 0 Å². The Morgan fingerprint density at radius 2 is 0.872 bits per heavy atom. The zero-order chi connectivity index (χ0) is 33.3. The number of hydrogen-bond donors (Lipinski definition) is 0. The molecular weight excluding hydrogens is 572 g/mol. The van der Waals surface area contributed by atoms with Crippen molar-refractivity contribution in [3.05, 3.63) is 48.6 Å². The van der Waals surface area contributed by atoms with E-state index in [1.54, 1.807) is 0 Å². The third kappa shape index (κ3) is 16.4. The number of hydrogen-bond acceptors (Lipinski definition) is 2. The average Bonchev–Trinajstić information content (AvgIpc) is 3.74. The molecule has 2 aliphatic carbocycles. The first kappa shape index (κ1) is 40.3. The van der Waals surface area contributed by atoms with Crippen molar-refractivity contribution >= 4 is 0 Å². The Morgan fingerprint density at radius 3 is 1.34 bits per heavy atom. The van der Waals surface area contributed by atoms with Gasteiger partial charge in [0, 0.05) is 12.8 Å². The van der Waals surface area contributed by atoms with Crippen LogP contribution in [0.1, 0.15) is 201 Å². The summed E-state index contributed by atoms with van der Waals surface area (Å²) in [6.45, 7) is 7.00. The Morgan fingerprint density at radius 1 is 0.468 bits per heavy atom. The summed E-state index contributed by atoms with van der Waals surface area (Å²) in [4.78, 5) is 0. The van der Waals surface area contributed by atoms with E-state index in [9.17, 15) is 0 Å². The Kier molecular flexibility index (Phi) is 22.1. The minimum Gasteiger partial charge on any atom is -0.344 e. The summed E-state index contributed by atoms with van der Waals surface area (Å²) in [5.41, 5.74) is 0. The Labute approximate surface area is 293 Å². The minimum absolute atomic E-state index is 0.277. The van der Waals surface area contributed by atoms with Gasteiger partial charge in [-0.05, 0) is 108 Å². The van der Waals surface area contributed by atoms with Crippen molar-refractivity contribution in [2.75, 3.05) is 0 Å². The van der Waals surface area contributed by atoms with E-state index in [1.807, 2.05) is 0 Å². The van der Waals surface area contributed by atoms with Gasteiger partial charge in [0.05, 0.1) is 12.2 Å². The average molecular weight is 651 g/mol. The molecule has 2 heteroatoms. The van der Waals surface area contributed by atoms with E-state index >= 15 is 0 Å². The van der Waals surface area contributed by atoms with Crippen molar-refractivity contribution in [1.29, 1.82) is 0 Å². The maximum absolute atomic E-state index is 6.98. The molecule has 0 spiro atoms. The Balaban J connectivity index is 1.23. The maximum Gasteiger partial charge on any atom is 0.169 e. The Hall–Kier alpha value is -1.12. The predicted molar refractivity (Wildman–Crippen MR) is 206 cm³/mol. The van der Waals surface area contributed by atoms with Gasteiger partial charge in [0.15, 0.2) is 5.79 Å². The fourth-order valence-corrected chi connectivity index (χ4v) is 8.54. The number of fused-ring (bicyclic) bond motifs is 5. The van der Waals surface area contributed by atoms with Crippen molar-refractivity contribution in [2.24, 2.45) is 17.8 Å². The highest BCUT2D eigenvalue weighted by Crippen LogP contribution is 2.57. The zero-order valence-electron chi connectivity index (χ0n) is 31.6. The zero-order valence-corrected chi connectivity index (χ0v) is 31.6. The predicted octanol–water partition coefficient (Wildman–Crippen LogP) is 14.5. The lowest BCUT2D eigenvalue weighted by Gasteiger charge is -2.30. The van der Waals surface area contributed by atoms with E-state index < -0.39 is 0 Å². The van der Waals surface area contributed by atoms with E-state index in [1.165, 1.54) is 154 Å². The van der Waals surface area contributed by atoms with E-state index in [-0.39, 0.29) is 5.79 Å². The van der Waals surface area contributed by atoms with Gasteiger partial charge in [-0.1, -0.05) is 146 Å². The van der Waals surface area contributed by atoms with E-state index in [4.69, 9.17) is 9.47 Å². The van der Waals surface area contributed by atoms with Gasteiger partial charge in [-0.3, -0.25) is 0 Å². The van der Waals surface area contributed by atoms with Gasteiger partial charge in [0.1, 0.15) is 0 Å². The van der Waals surface area contributed by atoms with E-state index in [0.717, 1.165) is 43.4 Å². The molecule has 47 heavy (non-hydrogen) atoms. The fourth-order valence-electron chi connectivity index (χ4n) is 8.54. The summed E-state index contributed by atoms with van der Waals surface area (Å²) in [6.07, 6.45) is 55.9. The van der Waals surface area contributed by atoms with Crippen LogP contribution in [0.3, 0.4) is 0 Å². The molecule has 1 aliphatic heterocycles. The van der Waals surface area contributed by atoms with Crippen molar-refractivity contribution in [2.45, 2.75) is 219 Å². The number of unbranched alkanes of at least 4 members (excludes halogenated alkanes) is 18. The number of rotatable bonds is 30. The van der Waals surface area contributed by atoms with Crippen molar-refractivity contribution < 1.29 is 9.47 Å². The first-order valence-corrected chi connectivity index (χ1v) is 21.1. The van der Waals surface area contributed by atoms with Crippen LogP contribution >= 0.6 is 0 Å². The molecular formula is C45H78O2. The van der Waals surface area contributed by atoms with Gasteiger partial charge in [-0.25, -0.2) is 0 Å². The third-order valence-electron chi connectivity index (χ3n) is 11.4. The van der Waals surface area contributed by atoms with Crippen LogP contribution in [-0.2, 0) is 9.47 Å². The number of allylic oxidation sites excluding steroid dienone is 8. The lowest BCUT2D eigenvalue weighted by Crippen LogP contribution is -2.33. The van der Waals surface area contributed by atoms with Gasteiger partial charge in [0.2, 0.25) is 0 Å². The first-order valence-electron chi connectivity index (χ1n) is 21.1. The second kappa shape index (κ2) is 25.8. The molecule has 0 amide bonds.